The van der Waals surface area contributed by atoms with E-state index in [4.69, 9.17) is 10.5 Å². The van der Waals surface area contributed by atoms with Gasteiger partial charge in [0.15, 0.2) is 0 Å². The zero-order valence-corrected chi connectivity index (χ0v) is 10.5. The number of nitrogens with one attached hydrogen (secondary N) is 1. The van der Waals surface area contributed by atoms with Gasteiger partial charge >= 0.3 is 0 Å². The standard InChI is InChI=1S/C13H24N2O2/c14-13(16)11-6-1-2-7-12(11)15-9-10-5-3-4-8-17-10/h10-12,15H,1-9H2,(H2,14,16)/t10-,11-,12-/m1/s1. The van der Waals surface area contributed by atoms with E-state index in [-0.39, 0.29) is 17.9 Å². The van der Waals surface area contributed by atoms with Gasteiger partial charge in [-0.2, -0.15) is 0 Å². The first-order valence-corrected chi connectivity index (χ1v) is 6.91. The van der Waals surface area contributed by atoms with Crippen LogP contribution in [0.2, 0.25) is 0 Å². The van der Waals surface area contributed by atoms with Gasteiger partial charge in [-0.25, -0.2) is 0 Å². The van der Waals surface area contributed by atoms with E-state index in [1.807, 2.05) is 0 Å². The molecule has 2 rings (SSSR count). The summed E-state index contributed by atoms with van der Waals surface area (Å²) in [6.07, 6.45) is 8.26. The van der Waals surface area contributed by atoms with Crippen LogP contribution in [-0.4, -0.2) is 31.2 Å². The number of hydrogen-bond acceptors (Lipinski definition) is 3. The number of rotatable bonds is 4. The maximum absolute atomic E-state index is 11.4. The summed E-state index contributed by atoms with van der Waals surface area (Å²) in [4.78, 5) is 11.4. The molecular formula is C13H24N2O2. The fourth-order valence-electron chi connectivity index (χ4n) is 2.97. The van der Waals surface area contributed by atoms with E-state index in [2.05, 4.69) is 5.32 Å². The van der Waals surface area contributed by atoms with Gasteiger partial charge in [0.05, 0.1) is 12.0 Å². The van der Waals surface area contributed by atoms with Gasteiger partial charge in [0.1, 0.15) is 0 Å². The third kappa shape index (κ3) is 3.68. The molecular weight excluding hydrogens is 216 g/mol. The zero-order valence-electron chi connectivity index (χ0n) is 10.5. The summed E-state index contributed by atoms with van der Waals surface area (Å²) in [5.41, 5.74) is 5.46. The van der Waals surface area contributed by atoms with Crippen LogP contribution in [0.3, 0.4) is 0 Å². The van der Waals surface area contributed by atoms with E-state index in [9.17, 15) is 4.79 Å². The molecule has 1 aliphatic heterocycles. The van der Waals surface area contributed by atoms with Gasteiger partial charge in [-0.05, 0) is 32.1 Å². The zero-order chi connectivity index (χ0) is 12.1. The lowest BCUT2D eigenvalue weighted by Crippen LogP contribution is -2.47. The molecule has 4 heteroatoms. The highest BCUT2D eigenvalue weighted by Gasteiger charge is 2.29. The van der Waals surface area contributed by atoms with Gasteiger partial charge < -0.3 is 15.8 Å². The average Bonchev–Trinajstić information content (AvgIpc) is 2.38. The number of amides is 1. The van der Waals surface area contributed by atoms with Crippen molar-refractivity contribution in [3.05, 3.63) is 0 Å². The Morgan fingerprint density at radius 3 is 2.65 bits per heavy atom. The van der Waals surface area contributed by atoms with Gasteiger partial charge in [0, 0.05) is 19.2 Å². The second-order valence-electron chi connectivity index (χ2n) is 5.30. The molecule has 3 atom stereocenters. The van der Waals surface area contributed by atoms with E-state index >= 15 is 0 Å². The predicted molar refractivity (Wildman–Crippen MR) is 66.5 cm³/mol. The largest absolute Gasteiger partial charge is 0.377 e. The Kier molecular flexibility index (Phi) is 4.80. The second kappa shape index (κ2) is 6.36. The van der Waals surface area contributed by atoms with Crippen molar-refractivity contribution in [2.75, 3.05) is 13.2 Å². The molecule has 0 aromatic heterocycles. The molecule has 2 aliphatic rings. The maximum atomic E-state index is 11.4. The number of hydrogen-bond donors (Lipinski definition) is 2. The maximum Gasteiger partial charge on any atom is 0.222 e. The van der Waals surface area contributed by atoms with Crippen LogP contribution >= 0.6 is 0 Å². The van der Waals surface area contributed by atoms with Gasteiger partial charge in [-0.1, -0.05) is 12.8 Å². The Bertz CT molecular complexity index is 252. The molecule has 0 radical (unpaired) electrons. The number of nitrogens with two attached hydrogens (primary N) is 1. The summed E-state index contributed by atoms with van der Waals surface area (Å²) in [7, 11) is 0. The van der Waals surface area contributed by atoms with E-state index in [0.29, 0.717) is 6.10 Å². The Balaban J connectivity index is 1.77. The number of carbonyl (C=O) groups excluding carboxylic acids is 1. The summed E-state index contributed by atoms with van der Waals surface area (Å²) in [5, 5.41) is 3.50. The number of primary amides is 1. The Morgan fingerprint density at radius 2 is 1.94 bits per heavy atom. The van der Waals surface area contributed by atoms with Crippen LogP contribution in [0.5, 0.6) is 0 Å². The normalized spacial score (nSPS) is 34.5. The molecule has 0 aromatic rings. The lowest BCUT2D eigenvalue weighted by Gasteiger charge is -2.32. The summed E-state index contributed by atoms with van der Waals surface area (Å²) in [6, 6.07) is 0.270. The second-order valence-corrected chi connectivity index (χ2v) is 5.30. The highest BCUT2D eigenvalue weighted by Crippen LogP contribution is 2.24. The lowest BCUT2D eigenvalue weighted by molar-refractivity contribution is -0.123. The van der Waals surface area contributed by atoms with Crippen molar-refractivity contribution in [1.82, 2.24) is 5.32 Å². The fourth-order valence-corrected chi connectivity index (χ4v) is 2.97. The molecule has 1 aliphatic carbocycles. The molecule has 0 spiro atoms. The molecule has 2 fully saturated rings. The smallest absolute Gasteiger partial charge is 0.222 e. The van der Waals surface area contributed by atoms with E-state index in [0.717, 1.165) is 38.8 Å². The molecule has 4 nitrogen and oxygen atoms in total. The molecule has 1 saturated carbocycles. The minimum Gasteiger partial charge on any atom is -0.377 e. The van der Waals surface area contributed by atoms with Gasteiger partial charge in [-0.15, -0.1) is 0 Å². The van der Waals surface area contributed by atoms with Crippen LogP contribution < -0.4 is 11.1 Å². The van der Waals surface area contributed by atoms with Crippen molar-refractivity contribution >= 4 is 5.91 Å². The summed E-state index contributed by atoms with van der Waals surface area (Å²) >= 11 is 0. The summed E-state index contributed by atoms with van der Waals surface area (Å²) < 4.78 is 5.69. The van der Waals surface area contributed by atoms with Crippen molar-refractivity contribution in [2.45, 2.75) is 57.1 Å². The molecule has 1 amide bonds. The predicted octanol–water partition coefficient (Wildman–Crippen LogP) is 1.19. The summed E-state index contributed by atoms with van der Waals surface area (Å²) in [6.45, 7) is 1.75. The third-order valence-corrected chi connectivity index (χ3v) is 4.01. The molecule has 1 heterocycles. The van der Waals surface area contributed by atoms with Crippen molar-refractivity contribution in [1.29, 1.82) is 0 Å². The van der Waals surface area contributed by atoms with Crippen LogP contribution in [0.15, 0.2) is 0 Å². The molecule has 3 N–H and O–H groups in total. The lowest BCUT2D eigenvalue weighted by atomic mass is 9.84. The highest BCUT2D eigenvalue weighted by atomic mass is 16.5. The van der Waals surface area contributed by atoms with E-state index in [1.54, 1.807) is 0 Å². The third-order valence-electron chi connectivity index (χ3n) is 4.01. The van der Waals surface area contributed by atoms with Crippen molar-refractivity contribution < 1.29 is 9.53 Å². The molecule has 0 aromatic carbocycles. The van der Waals surface area contributed by atoms with E-state index < -0.39 is 0 Å². The van der Waals surface area contributed by atoms with Crippen LogP contribution in [0.1, 0.15) is 44.9 Å². The topological polar surface area (TPSA) is 64.4 Å². The first-order valence-electron chi connectivity index (χ1n) is 6.91. The molecule has 17 heavy (non-hydrogen) atoms. The number of carbonyl (C=O) groups is 1. The van der Waals surface area contributed by atoms with Crippen molar-refractivity contribution in [3.63, 3.8) is 0 Å². The van der Waals surface area contributed by atoms with Gasteiger partial charge in [0.2, 0.25) is 5.91 Å². The number of ether oxygens (including phenoxy) is 1. The Labute approximate surface area is 103 Å². The summed E-state index contributed by atoms with van der Waals surface area (Å²) in [5.74, 6) is -0.126. The van der Waals surface area contributed by atoms with Crippen LogP contribution in [0.25, 0.3) is 0 Å². The molecule has 98 valence electrons. The Hall–Kier alpha value is -0.610. The first-order chi connectivity index (χ1) is 8.27. The molecule has 0 bridgehead atoms. The van der Waals surface area contributed by atoms with E-state index in [1.165, 1.54) is 19.3 Å². The SMILES string of the molecule is NC(=O)[C@@H]1CCCC[C@H]1NC[C@H]1CCCCO1. The van der Waals surface area contributed by atoms with Crippen molar-refractivity contribution in [2.24, 2.45) is 11.7 Å². The van der Waals surface area contributed by atoms with Gasteiger partial charge in [-0.3, -0.25) is 4.79 Å². The van der Waals surface area contributed by atoms with Crippen LogP contribution in [-0.2, 0) is 9.53 Å². The van der Waals surface area contributed by atoms with Crippen LogP contribution in [0.4, 0.5) is 0 Å². The minimum absolute atomic E-state index is 0.0207. The fraction of sp³-hybridized carbons (Fsp3) is 0.923. The Morgan fingerprint density at radius 1 is 1.18 bits per heavy atom. The first kappa shape index (κ1) is 12.8. The molecule has 1 saturated heterocycles. The minimum atomic E-state index is -0.147. The average molecular weight is 240 g/mol. The quantitative estimate of drug-likeness (QED) is 0.776. The molecule has 0 unspecified atom stereocenters. The van der Waals surface area contributed by atoms with Crippen molar-refractivity contribution in [3.8, 4) is 0 Å². The van der Waals surface area contributed by atoms with Crippen LogP contribution in [0, 0.1) is 5.92 Å². The monoisotopic (exact) mass is 240 g/mol. The van der Waals surface area contributed by atoms with Gasteiger partial charge in [0.25, 0.3) is 0 Å². The highest BCUT2D eigenvalue weighted by molar-refractivity contribution is 5.77.